The number of likely N-dealkylation sites (N-methyl/N-ethyl adjacent to an activating group) is 1. The van der Waals surface area contributed by atoms with E-state index in [1.54, 1.807) is 11.3 Å². The highest BCUT2D eigenvalue weighted by Crippen LogP contribution is 2.15. The van der Waals surface area contributed by atoms with Crippen molar-refractivity contribution in [1.29, 1.82) is 5.26 Å². The molecule has 4 nitrogen and oxygen atoms in total. The maximum absolute atomic E-state index is 8.85. The van der Waals surface area contributed by atoms with E-state index in [2.05, 4.69) is 42.1 Å². The lowest BCUT2D eigenvalue weighted by atomic mass is 10.0. The second kappa shape index (κ2) is 7.90. The van der Waals surface area contributed by atoms with Crippen LogP contribution >= 0.6 is 11.3 Å². The maximum atomic E-state index is 8.85. The Morgan fingerprint density at radius 2 is 2.05 bits per heavy atom. The van der Waals surface area contributed by atoms with Crippen LogP contribution in [-0.4, -0.2) is 55.6 Å². The van der Waals surface area contributed by atoms with Crippen LogP contribution in [0.1, 0.15) is 24.3 Å². The Morgan fingerprint density at radius 3 is 2.62 bits per heavy atom. The normalized spacial score (nSPS) is 18.8. The van der Waals surface area contributed by atoms with Gasteiger partial charge in [0.05, 0.1) is 5.56 Å². The Labute approximate surface area is 132 Å². The summed E-state index contributed by atoms with van der Waals surface area (Å²) >= 11 is 1.66. The Bertz CT molecular complexity index is 469. The van der Waals surface area contributed by atoms with Crippen molar-refractivity contribution in [3.05, 3.63) is 21.9 Å². The molecule has 0 bridgehead atoms. The van der Waals surface area contributed by atoms with Gasteiger partial charge in [-0.05, 0) is 19.0 Å². The van der Waals surface area contributed by atoms with Crippen LogP contribution in [0, 0.1) is 17.2 Å². The van der Waals surface area contributed by atoms with E-state index in [1.807, 2.05) is 11.4 Å². The number of thiophene rings is 1. The van der Waals surface area contributed by atoms with E-state index in [9.17, 15) is 0 Å². The van der Waals surface area contributed by atoms with Crippen LogP contribution in [0.15, 0.2) is 11.4 Å². The molecular weight excluding hydrogens is 280 g/mol. The summed E-state index contributed by atoms with van der Waals surface area (Å²) < 4.78 is 0. The summed E-state index contributed by atoms with van der Waals surface area (Å²) in [6.45, 7) is 11.2. The lowest BCUT2D eigenvalue weighted by Crippen LogP contribution is -2.53. The van der Waals surface area contributed by atoms with Gasteiger partial charge in [0.25, 0.3) is 0 Å². The molecule has 1 fully saturated rings. The summed E-state index contributed by atoms with van der Waals surface area (Å²) in [4.78, 5) is 6.26. The molecule has 1 aliphatic heterocycles. The van der Waals surface area contributed by atoms with Crippen molar-refractivity contribution in [2.75, 3.05) is 39.8 Å². The highest BCUT2D eigenvalue weighted by molar-refractivity contribution is 7.10. The van der Waals surface area contributed by atoms with Gasteiger partial charge in [-0.15, -0.1) is 11.3 Å². The van der Waals surface area contributed by atoms with E-state index in [4.69, 9.17) is 5.26 Å². The minimum absolute atomic E-state index is 0.592. The van der Waals surface area contributed by atoms with Gasteiger partial charge in [0.15, 0.2) is 0 Å². The van der Waals surface area contributed by atoms with Crippen molar-refractivity contribution in [2.24, 2.45) is 5.92 Å². The maximum Gasteiger partial charge on any atom is 0.100 e. The fraction of sp³-hybridized carbons (Fsp3) is 0.688. The zero-order valence-electron chi connectivity index (χ0n) is 13.3. The first kappa shape index (κ1) is 16.4. The van der Waals surface area contributed by atoms with Gasteiger partial charge >= 0.3 is 0 Å². The molecule has 2 rings (SSSR count). The third kappa shape index (κ3) is 4.79. The predicted molar refractivity (Wildman–Crippen MR) is 88.4 cm³/mol. The van der Waals surface area contributed by atoms with Gasteiger partial charge in [-0.3, -0.25) is 4.90 Å². The van der Waals surface area contributed by atoms with Gasteiger partial charge in [-0.25, -0.2) is 0 Å². The predicted octanol–water partition coefficient (Wildman–Crippen LogP) is 1.98. The number of nitriles is 1. The molecule has 5 heteroatoms. The Morgan fingerprint density at radius 1 is 1.33 bits per heavy atom. The number of nitrogens with one attached hydrogen (secondary N) is 1. The van der Waals surface area contributed by atoms with Crippen LogP contribution < -0.4 is 5.32 Å². The summed E-state index contributed by atoms with van der Waals surface area (Å²) in [5.41, 5.74) is 0.774. The van der Waals surface area contributed by atoms with E-state index < -0.39 is 0 Å². The zero-order chi connectivity index (χ0) is 15.2. The van der Waals surface area contributed by atoms with Gasteiger partial charge in [-0.1, -0.05) is 13.8 Å². The van der Waals surface area contributed by atoms with Crippen LogP contribution in [0.4, 0.5) is 0 Å². The van der Waals surface area contributed by atoms with E-state index in [-0.39, 0.29) is 0 Å². The molecule has 1 N–H and O–H groups in total. The molecule has 0 spiro atoms. The zero-order valence-corrected chi connectivity index (χ0v) is 14.1. The number of hydrogen-bond acceptors (Lipinski definition) is 5. The monoisotopic (exact) mass is 306 g/mol. The third-order valence-corrected chi connectivity index (χ3v) is 5.15. The molecule has 0 radical (unpaired) electrons. The summed E-state index contributed by atoms with van der Waals surface area (Å²) in [6.07, 6.45) is 0. The molecule has 1 aromatic heterocycles. The van der Waals surface area contributed by atoms with Crippen LogP contribution in [0.25, 0.3) is 0 Å². The van der Waals surface area contributed by atoms with E-state index >= 15 is 0 Å². The molecule has 116 valence electrons. The molecule has 1 aromatic rings. The second-order valence-electron chi connectivity index (χ2n) is 6.20. The van der Waals surface area contributed by atoms with Crippen molar-refractivity contribution in [3.8, 4) is 6.07 Å². The van der Waals surface area contributed by atoms with Gasteiger partial charge < -0.3 is 10.2 Å². The lowest BCUT2D eigenvalue weighted by Gasteiger charge is -2.40. The van der Waals surface area contributed by atoms with Gasteiger partial charge in [-0.2, -0.15) is 5.26 Å². The quantitative estimate of drug-likeness (QED) is 0.873. The van der Waals surface area contributed by atoms with Crippen LogP contribution in [0.2, 0.25) is 0 Å². The molecule has 1 atom stereocenters. The summed E-state index contributed by atoms with van der Waals surface area (Å²) in [6, 6.07) is 4.77. The number of rotatable bonds is 6. The van der Waals surface area contributed by atoms with Crippen molar-refractivity contribution < 1.29 is 0 Å². The molecule has 2 heterocycles. The minimum Gasteiger partial charge on any atom is -0.310 e. The average molecular weight is 306 g/mol. The molecule has 0 aliphatic carbocycles. The number of piperazine rings is 1. The Kier molecular flexibility index (Phi) is 6.19. The largest absolute Gasteiger partial charge is 0.310 e. The molecule has 1 unspecified atom stereocenters. The third-order valence-electron chi connectivity index (χ3n) is 4.21. The lowest BCUT2D eigenvalue weighted by molar-refractivity contribution is 0.0875. The highest BCUT2D eigenvalue weighted by Gasteiger charge is 2.24. The van der Waals surface area contributed by atoms with Gasteiger partial charge in [0.2, 0.25) is 0 Å². The van der Waals surface area contributed by atoms with Crippen LogP contribution in [-0.2, 0) is 6.54 Å². The fourth-order valence-corrected chi connectivity index (χ4v) is 3.59. The first-order valence-corrected chi connectivity index (χ1v) is 8.59. The molecular formula is C16H26N4S. The first-order valence-electron chi connectivity index (χ1n) is 7.71. The first-order chi connectivity index (χ1) is 10.1. The second-order valence-corrected chi connectivity index (χ2v) is 7.19. The van der Waals surface area contributed by atoms with E-state index in [0.29, 0.717) is 12.0 Å². The molecule has 21 heavy (non-hydrogen) atoms. The fourth-order valence-electron chi connectivity index (χ4n) is 2.82. The summed E-state index contributed by atoms with van der Waals surface area (Å²) in [7, 11) is 2.20. The SMILES string of the molecule is CC(C)C(CNCc1cc(C#N)cs1)N1CCN(C)CC1. The molecule has 0 amide bonds. The van der Waals surface area contributed by atoms with Crippen LogP contribution in [0.5, 0.6) is 0 Å². The van der Waals surface area contributed by atoms with Crippen LogP contribution in [0.3, 0.4) is 0 Å². The molecule has 1 aliphatic rings. The van der Waals surface area contributed by atoms with Crippen molar-refractivity contribution in [1.82, 2.24) is 15.1 Å². The van der Waals surface area contributed by atoms with E-state index in [0.717, 1.165) is 18.7 Å². The molecule has 1 saturated heterocycles. The topological polar surface area (TPSA) is 42.3 Å². The summed E-state index contributed by atoms with van der Waals surface area (Å²) in [5.74, 6) is 0.652. The van der Waals surface area contributed by atoms with Gasteiger partial charge in [0.1, 0.15) is 6.07 Å². The number of nitrogens with zero attached hydrogens (tertiary/aromatic N) is 3. The average Bonchev–Trinajstić information content (AvgIpc) is 2.92. The van der Waals surface area contributed by atoms with Crippen molar-refractivity contribution in [2.45, 2.75) is 26.4 Å². The highest BCUT2D eigenvalue weighted by atomic mass is 32.1. The number of hydrogen-bond donors (Lipinski definition) is 1. The standard InChI is InChI=1S/C16H26N4S/c1-13(2)16(20-6-4-19(3)5-7-20)11-18-10-15-8-14(9-17)12-21-15/h8,12-13,16,18H,4-7,10-11H2,1-3H3. The Balaban J connectivity index is 1.81. The Hall–Kier alpha value is -0.930. The van der Waals surface area contributed by atoms with Crippen molar-refractivity contribution in [3.63, 3.8) is 0 Å². The van der Waals surface area contributed by atoms with Gasteiger partial charge in [0, 0.05) is 55.6 Å². The summed E-state index contributed by atoms with van der Waals surface area (Å²) in [5, 5.41) is 14.4. The van der Waals surface area contributed by atoms with E-state index in [1.165, 1.54) is 31.1 Å². The van der Waals surface area contributed by atoms with Crippen molar-refractivity contribution >= 4 is 11.3 Å². The molecule has 0 aromatic carbocycles. The smallest absolute Gasteiger partial charge is 0.100 e. The molecule has 0 saturated carbocycles. The minimum atomic E-state index is 0.592.